The van der Waals surface area contributed by atoms with Crippen molar-refractivity contribution in [3.05, 3.63) is 16.1 Å². The van der Waals surface area contributed by atoms with Crippen molar-refractivity contribution in [2.75, 3.05) is 6.54 Å². The molecule has 1 fully saturated rings. The van der Waals surface area contributed by atoms with Crippen molar-refractivity contribution in [1.29, 1.82) is 0 Å². The maximum atomic E-state index is 6.36. The second-order valence-corrected chi connectivity index (χ2v) is 6.66. The van der Waals surface area contributed by atoms with Gasteiger partial charge >= 0.3 is 0 Å². The van der Waals surface area contributed by atoms with E-state index in [2.05, 4.69) is 24.1 Å². The molecule has 1 unspecified atom stereocenters. The standard InChI is InChI=1S/C14H25N3S/c1-3-12-10-17-13(18-12)11(2)16-9-8-14(15)6-4-5-7-14/h10-11,16H,3-9,15H2,1-2H3. The van der Waals surface area contributed by atoms with Crippen LogP contribution in [0, 0.1) is 0 Å². The summed E-state index contributed by atoms with van der Waals surface area (Å²) < 4.78 is 0. The fraction of sp³-hybridized carbons (Fsp3) is 0.786. The van der Waals surface area contributed by atoms with Crippen LogP contribution in [0.15, 0.2) is 6.20 Å². The molecule has 0 amide bonds. The van der Waals surface area contributed by atoms with Crippen molar-refractivity contribution in [3.63, 3.8) is 0 Å². The molecule has 102 valence electrons. The lowest BCUT2D eigenvalue weighted by atomic mass is 9.95. The summed E-state index contributed by atoms with van der Waals surface area (Å²) >= 11 is 1.82. The zero-order valence-corrected chi connectivity index (χ0v) is 12.4. The van der Waals surface area contributed by atoms with Gasteiger partial charge in [0.05, 0.1) is 6.04 Å². The highest BCUT2D eigenvalue weighted by Crippen LogP contribution is 2.30. The highest BCUT2D eigenvalue weighted by Gasteiger charge is 2.28. The van der Waals surface area contributed by atoms with Gasteiger partial charge in [-0.05, 0) is 39.2 Å². The summed E-state index contributed by atoms with van der Waals surface area (Å²) in [6.45, 7) is 5.36. The summed E-state index contributed by atoms with van der Waals surface area (Å²) in [5.41, 5.74) is 6.46. The smallest absolute Gasteiger partial charge is 0.109 e. The molecule has 0 bridgehead atoms. The number of thiazole rings is 1. The SMILES string of the molecule is CCc1cnc(C(C)NCCC2(N)CCCC2)s1. The van der Waals surface area contributed by atoms with E-state index in [-0.39, 0.29) is 5.54 Å². The zero-order valence-electron chi connectivity index (χ0n) is 11.5. The van der Waals surface area contributed by atoms with E-state index in [1.165, 1.54) is 35.6 Å². The number of rotatable bonds is 6. The van der Waals surface area contributed by atoms with E-state index in [4.69, 9.17) is 5.73 Å². The van der Waals surface area contributed by atoms with Gasteiger partial charge in [-0.3, -0.25) is 0 Å². The molecule has 1 aromatic heterocycles. The summed E-state index contributed by atoms with van der Waals surface area (Å²) in [7, 11) is 0. The third kappa shape index (κ3) is 3.53. The minimum absolute atomic E-state index is 0.101. The van der Waals surface area contributed by atoms with Gasteiger partial charge in [0.2, 0.25) is 0 Å². The molecule has 3 N–H and O–H groups in total. The number of hydrogen-bond acceptors (Lipinski definition) is 4. The van der Waals surface area contributed by atoms with Gasteiger partial charge in [-0.1, -0.05) is 19.8 Å². The Bertz CT molecular complexity index is 369. The van der Waals surface area contributed by atoms with Crippen molar-refractivity contribution in [3.8, 4) is 0 Å². The first kappa shape index (κ1) is 14.0. The van der Waals surface area contributed by atoms with Crippen LogP contribution in [0.2, 0.25) is 0 Å². The molecule has 1 aliphatic rings. The van der Waals surface area contributed by atoms with E-state index in [1.807, 2.05) is 17.5 Å². The Morgan fingerprint density at radius 3 is 2.83 bits per heavy atom. The quantitative estimate of drug-likeness (QED) is 0.833. The first-order valence-corrected chi connectivity index (χ1v) is 7.91. The third-order valence-electron chi connectivity index (χ3n) is 3.96. The number of aromatic nitrogens is 1. The molecule has 0 aromatic carbocycles. The predicted octanol–water partition coefficient (Wildman–Crippen LogP) is 3.02. The van der Waals surface area contributed by atoms with Crippen molar-refractivity contribution in [1.82, 2.24) is 10.3 Å². The van der Waals surface area contributed by atoms with Crippen LogP contribution in [-0.4, -0.2) is 17.1 Å². The van der Waals surface area contributed by atoms with E-state index < -0.39 is 0 Å². The molecule has 0 spiro atoms. The molecule has 0 radical (unpaired) electrons. The fourth-order valence-electron chi connectivity index (χ4n) is 2.64. The van der Waals surface area contributed by atoms with Crippen molar-refractivity contribution >= 4 is 11.3 Å². The summed E-state index contributed by atoms with van der Waals surface area (Å²) in [4.78, 5) is 5.84. The second-order valence-electron chi connectivity index (χ2n) is 5.51. The van der Waals surface area contributed by atoms with E-state index >= 15 is 0 Å². The highest BCUT2D eigenvalue weighted by molar-refractivity contribution is 7.11. The van der Waals surface area contributed by atoms with Gasteiger partial charge in [-0.15, -0.1) is 11.3 Å². The molecule has 1 saturated carbocycles. The summed E-state index contributed by atoms with van der Waals surface area (Å²) in [5.74, 6) is 0. The van der Waals surface area contributed by atoms with Gasteiger partial charge in [0, 0.05) is 16.6 Å². The third-order valence-corrected chi connectivity index (χ3v) is 5.29. The fourth-order valence-corrected chi connectivity index (χ4v) is 3.52. The molecule has 0 saturated heterocycles. The van der Waals surface area contributed by atoms with E-state index in [9.17, 15) is 0 Å². The minimum Gasteiger partial charge on any atom is -0.325 e. The monoisotopic (exact) mass is 267 g/mol. The summed E-state index contributed by atoms with van der Waals surface area (Å²) in [6, 6.07) is 0.348. The molecule has 1 heterocycles. The van der Waals surface area contributed by atoms with Crippen LogP contribution in [0.4, 0.5) is 0 Å². The molecule has 1 aromatic rings. The Kier molecular flexibility index (Phi) is 4.76. The molecule has 2 rings (SSSR count). The number of nitrogens with two attached hydrogens (primary N) is 1. The van der Waals surface area contributed by atoms with Gasteiger partial charge in [0.25, 0.3) is 0 Å². The Balaban J connectivity index is 1.76. The first-order chi connectivity index (χ1) is 8.63. The van der Waals surface area contributed by atoms with Crippen LogP contribution in [-0.2, 0) is 6.42 Å². The average Bonchev–Trinajstić information content (AvgIpc) is 2.98. The number of hydrogen-bond donors (Lipinski definition) is 2. The van der Waals surface area contributed by atoms with E-state index in [0.717, 1.165) is 19.4 Å². The lowest BCUT2D eigenvalue weighted by molar-refractivity contribution is 0.383. The molecule has 1 atom stereocenters. The molecule has 3 nitrogen and oxygen atoms in total. The van der Waals surface area contributed by atoms with E-state index in [1.54, 1.807) is 0 Å². The van der Waals surface area contributed by atoms with Crippen LogP contribution < -0.4 is 11.1 Å². The Morgan fingerprint density at radius 2 is 2.22 bits per heavy atom. The van der Waals surface area contributed by atoms with Crippen LogP contribution >= 0.6 is 11.3 Å². The average molecular weight is 267 g/mol. The molecule has 0 aliphatic heterocycles. The maximum absolute atomic E-state index is 6.36. The largest absolute Gasteiger partial charge is 0.325 e. The lowest BCUT2D eigenvalue weighted by Crippen LogP contribution is -2.39. The maximum Gasteiger partial charge on any atom is 0.109 e. The van der Waals surface area contributed by atoms with Crippen molar-refractivity contribution in [2.24, 2.45) is 5.73 Å². The Labute approximate surface area is 114 Å². The molecule has 1 aliphatic carbocycles. The predicted molar refractivity (Wildman–Crippen MR) is 77.9 cm³/mol. The van der Waals surface area contributed by atoms with Crippen molar-refractivity contribution in [2.45, 2.75) is 64.0 Å². The summed E-state index contributed by atoms with van der Waals surface area (Å²) in [5, 5.41) is 4.75. The van der Waals surface area contributed by atoms with Crippen LogP contribution in [0.3, 0.4) is 0 Å². The van der Waals surface area contributed by atoms with Crippen LogP contribution in [0.5, 0.6) is 0 Å². The number of aryl methyl sites for hydroxylation is 1. The lowest BCUT2D eigenvalue weighted by Gasteiger charge is -2.24. The van der Waals surface area contributed by atoms with Crippen LogP contribution in [0.1, 0.15) is 61.9 Å². The minimum atomic E-state index is 0.101. The number of nitrogens with one attached hydrogen (secondary N) is 1. The van der Waals surface area contributed by atoms with E-state index in [0.29, 0.717) is 6.04 Å². The Morgan fingerprint density at radius 1 is 1.50 bits per heavy atom. The Hall–Kier alpha value is -0.450. The van der Waals surface area contributed by atoms with Crippen molar-refractivity contribution < 1.29 is 0 Å². The first-order valence-electron chi connectivity index (χ1n) is 7.10. The number of nitrogens with zero attached hydrogens (tertiary/aromatic N) is 1. The van der Waals surface area contributed by atoms with Gasteiger partial charge in [0.15, 0.2) is 0 Å². The highest BCUT2D eigenvalue weighted by atomic mass is 32.1. The van der Waals surface area contributed by atoms with Gasteiger partial charge in [-0.25, -0.2) is 4.98 Å². The second kappa shape index (κ2) is 6.13. The normalized spacial score (nSPS) is 20.2. The molecular formula is C14H25N3S. The van der Waals surface area contributed by atoms with Gasteiger partial charge in [-0.2, -0.15) is 0 Å². The van der Waals surface area contributed by atoms with Gasteiger partial charge < -0.3 is 11.1 Å². The summed E-state index contributed by atoms with van der Waals surface area (Å²) in [6.07, 6.45) is 9.16. The molecule has 4 heteroatoms. The molecule has 18 heavy (non-hydrogen) atoms. The van der Waals surface area contributed by atoms with Crippen LogP contribution in [0.25, 0.3) is 0 Å². The molecular weight excluding hydrogens is 242 g/mol. The zero-order chi connectivity index (χ0) is 13.0. The topological polar surface area (TPSA) is 50.9 Å². The van der Waals surface area contributed by atoms with Gasteiger partial charge in [0.1, 0.15) is 5.01 Å².